The highest BCUT2D eigenvalue weighted by molar-refractivity contribution is 5.88. The zero-order chi connectivity index (χ0) is 18.5. The van der Waals surface area contributed by atoms with Crippen molar-refractivity contribution in [2.24, 2.45) is 4.99 Å². The molecule has 4 aromatic rings. The van der Waals surface area contributed by atoms with Gasteiger partial charge in [0.1, 0.15) is 5.75 Å². The average Bonchev–Trinajstić information content (AvgIpc) is 2.74. The SMILES string of the molecule is Oc1ccccc1C=Nc1ccccc1-c1cccc(-c2ccccn2)c1. The van der Waals surface area contributed by atoms with Crippen LogP contribution in [-0.2, 0) is 0 Å². The van der Waals surface area contributed by atoms with Crippen molar-refractivity contribution in [2.45, 2.75) is 0 Å². The molecular weight excluding hydrogens is 332 g/mol. The van der Waals surface area contributed by atoms with E-state index < -0.39 is 0 Å². The zero-order valence-corrected chi connectivity index (χ0v) is 14.7. The number of rotatable bonds is 4. The fourth-order valence-corrected chi connectivity index (χ4v) is 2.95. The van der Waals surface area contributed by atoms with Crippen LogP contribution >= 0.6 is 0 Å². The van der Waals surface area contributed by atoms with Crippen molar-refractivity contribution in [2.75, 3.05) is 0 Å². The van der Waals surface area contributed by atoms with Gasteiger partial charge in [-0.05, 0) is 42.0 Å². The second-order valence-corrected chi connectivity index (χ2v) is 6.13. The number of phenols is 1. The predicted molar refractivity (Wildman–Crippen MR) is 110 cm³/mol. The van der Waals surface area contributed by atoms with E-state index in [1.165, 1.54) is 0 Å². The van der Waals surface area contributed by atoms with Crippen LogP contribution in [0.25, 0.3) is 22.4 Å². The fourth-order valence-electron chi connectivity index (χ4n) is 2.95. The molecule has 0 saturated carbocycles. The van der Waals surface area contributed by atoms with Gasteiger partial charge in [-0.1, -0.05) is 54.6 Å². The highest BCUT2D eigenvalue weighted by Gasteiger charge is 2.06. The third kappa shape index (κ3) is 3.77. The molecular formula is C24H18N2O. The summed E-state index contributed by atoms with van der Waals surface area (Å²) in [4.78, 5) is 9.05. The van der Waals surface area contributed by atoms with E-state index in [0.717, 1.165) is 28.1 Å². The number of aliphatic imine (C=N–C) groups is 1. The minimum atomic E-state index is 0.218. The van der Waals surface area contributed by atoms with Gasteiger partial charge in [0.05, 0.1) is 11.4 Å². The van der Waals surface area contributed by atoms with Crippen LogP contribution < -0.4 is 0 Å². The maximum Gasteiger partial charge on any atom is 0.124 e. The van der Waals surface area contributed by atoms with Crippen LogP contribution in [-0.4, -0.2) is 16.3 Å². The monoisotopic (exact) mass is 350 g/mol. The molecule has 1 aromatic heterocycles. The number of aromatic hydroxyl groups is 1. The Balaban J connectivity index is 1.73. The van der Waals surface area contributed by atoms with E-state index in [1.54, 1.807) is 24.5 Å². The van der Waals surface area contributed by atoms with Gasteiger partial charge in [-0.2, -0.15) is 0 Å². The quantitative estimate of drug-likeness (QED) is 0.468. The van der Waals surface area contributed by atoms with Gasteiger partial charge in [0.25, 0.3) is 0 Å². The van der Waals surface area contributed by atoms with Gasteiger partial charge in [-0.25, -0.2) is 0 Å². The normalized spacial score (nSPS) is 11.0. The lowest BCUT2D eigenvalue weighted by molar-refractivity contribution is 0.474. The first-order chi connectivity index (χ1) is 13.3. The first kappa shape index (κ1) is 16.7. The fraction of sp³-hybridized carbons (Fsp3) is 0. The summed E-state index contributed by atoms with van der Waals surface area (Å²) in [6.07, 6.45) is 3.49. The lowest BCUT2D eigenvalue weighted by Gasteiger charge is -2.08. The number of hydrogen-bond donors (Lipinski definition) is 1. The Bertz CT molecular complexity index is 1090. The molecule has 27 heavy (non-hydrogen) atoms. The van der Waals surface area contributed by atoms with E-state index in [2.05, 4.69) is 34.2 Å². The average molecular weight is 350 g/mol. The predicted octanol–water partition coefficient (Wildman–Crippen LogP) is 5.87. The second-order valence-electron chi connectivity index (χ2n) is 6.13. The van der Waals surface area contributed by atoms with Crippen LogP contribution in [0.2, 0.25) is 0 Å². The number of aromatic nitrogens is 1. The Labute approximate surface area is 158 Å². The van der Waals surface area contributed by atoms with Gasteiger partial charge in [-0.15, -0.1) is 0 Å². The molecule has 0 spiro atoms. The summed E-state index contributed by atoms with van der Waals surface area (Å²) in [5.74, 6) is 0.218. The Morgan fingerprint density at radius 1 is 0.741 bits per heavy atom. The van der Waals surface area contributed by atoms with Crippen LogP contribution in [0.3, 0.4) is 0 Å². The van der Waals surface area contributed by atoms with Crippen LogP contribution in [0.5, 0.6) is 5.75 Å². The summed E-state index contributed by atoms with van der Waals surface area (Å²) in [6.45, 7) is 0. The van der Waals surface area contributed by atoms with E-state index >= 15 is 0 Å². The molecule has 0 saturated heterocycles. The minimum Gasteiger partial charge on any atom is -0.507 e. The van der Waals surface area contributed by atoms with Gasteiger partial charge < -0.3 is 5.11 Å². The van der Waals surface area contributed by atoms with Gasteiger partial charge in [0.2, 0.25) is 0 Å². The highest BCUT2D eigenvalue weighted by atomic mass is 16.3. The van der Waals surface area contributed by atoms with Crippen molar-refractivity contribution in [3.05, 3.63) is 103 Å². The van der Waals surface area contributed by atoms with Gasteiger partial charge in [0.15, 0.2) is 0 Å². The lowest BCUT2D eigenvalue weighted by Crippen LogP contribution is -1.85. The largest absolute Gasteiger partial charge is 0.507 e. The maximum atomic E-state index is 9.94. The topological polar surface area (TPSA) is 45.5 Å². The summed E-state index contributed by atoms with van der Waals surface area (Å²) in [6, 6.07) is 29.3. The Hall–Kier alpha value is -3.72. The molecule has 3 nitrogen and oxygen atoms in total. The molecule has 0 radical (unpaired) electrons. The molecule has 3 aromatic carbocycles. The minimum absolute atomic E-state index is 0.218. The molecule has 1 N–H and O–H groups in total. The molecule has 0 aliphatic carbocycles. The summed E-state index contributed by atoms with van der Waals surface area (Å²) in [7, 11) is 0. The van der Waals surface area contributed by atoms with Crippen molar-refractivity contribution in [1.29, 1.82) is 0 Å². The van der Waals surface area contributed by atoms with E-state index in [-0.39, 0.29) is 5.75 Å². The second kappa shape index (κ2) is 7.67. The zero-order valence-electron chi connectivity index (χ0n) is 14.7. The van der Waals surface area contributed by atoms with Crippen LogP contribution in [0.15, 0.2) is 102 Å². The standard InChI is InChI=1S/C24H18N2O/c27-24-14-4-1-8-20(24)17-26-23-13-3-2-11-21(23)18-9-7-10-19(16-18)22-12-5-6-15-25-22/h1-17,27H. The summed E-state index contributed by atoms with van der Waals surface area (Å²) >= 11 is 0. The molecule has 0 fully saturated rings. The van der Waals surface area contributed by atoms with Gasteiger partial charge >= 0.3 is 0 Å². The number of pyridine rings is 1. The summed E-state index contributed by atoms with van der Waals surface area (Å²) in [5.41, 5.74) is 5.64. The van der Waals surface area contributed by atoms with Crippen LogP contribution in [0, 0.1) is 0 Å². The van der Waals surface area contributed by atoms with Crippen molar-refractivity contribution < 1.29 is 5.11 Å². The number of para-hydroxylation sites is 2. The highest BCUT2D eigenvalue weighted by Crippen LogP contribution is 2.32. The van der Waals surface area contributed by atoms with E-state index in [9.17, 15) is 5.11 Å². The van der Waals surface area contributed by atoms with Gasteiger partial charge in [0, 0.05) is 29.1 Å². The van der Waals surface area contributed by atoms with E-state index in [1.807, 2.05) is 54.6 Å². The van der Waals surface area contributed by atoms with Crippen molar-refractivity contribution >= 4 is 11.9 Å². The summed E-state index contributed by atoms with van der Waals surface area (Å²) in [5, 5.41) is 9.94. The number of phenolic OH excluding ortho intramolecular Hbond substituents is 1. The van der Waals surface area contributed by atoms with Crippen molar-refractivity contribution in [1.82, 2.24) is 4.98 Å². The molecule has 0 unspecified atom stereocenters. The Morgan fingerprint density at radius 3 is 2.37 bits per heavy atom. The maximum absolute atomic E-state index is 9.94. The lowest BCUT2D eigenvalue weighted by atomic mass is 10.00. The molecule has 130 valence electrons. The third-order valence-electron chi connectivity index (χ3n) is 4.32. The summed E-state index contributed by atoms with van der Waals surface area (Å²) < 4.78 is 0. The molecule has 3 heteroatoms. The van der Waals surface area contributed by atoms with E-state index in [0.29, 0.717) is 5.56 Å². The molecule has 0 amide bonds. The Morgan fingerprint density at radius 2 is 1.52 bits per heavy atom. The molecule has 0 aliphatic heterocycles. The van der Waals surface area contributed by atoms with Gasteiger partial charge in [-0.3, -0.25) is 9.98 Å². The molecule has 0 aliphatic rings. The van der Waals surface area contributed by atoms with E-state index in [4.69, 9.17) is 0 Å². The molecule has 1 heterocycles. The molecule has 4 rings (SSSR count). The smallest absolute Gasteiger partial charge is 0.124 e. The molecule has 0 bridgehead atoms. The Kier molecular flexibility index (Phi) is 4.75. The van der Waals surface area contributed by atoms with Crippen LogP contribution in [0.1, 0.15) is 5.56 Å². The third-order valence-corrected chi connectivity index (χ3v) is 4.32. The van der Waals surface area contributed by atoms with Crippen molar-refractivity contribution in [3.63, 3.8) is 0 Å². The number of nitrogens with zero attached hydrogens (tertiary/aromatic N) is 2. The number of hydrogen-bond acceptors (Lipinski definition) is 3. The number of benzene rings is 3. The molecule has 0 atom stereocenters. The first-order valence-electron chi connectivity index (χ1n) is 8.74. The first-order valence-corrected chi connectivity index (χ1v) is 8.74. The van der Waals surface area contributed by atoms with Crippen LogP contribution in [0.4, 0.5) is 5.69 Å². The van der Waals surface area contributed by atoms with Crippen molar-refractivity contribution in [3.8, 4) is 28.1 Å².